The lowest BCUT2D eigenvalue weighted by Gasteiger charge is -2.18. The minimum absolute atomic E-state index is 0.0148. The van der Waals surface area contributed by atoms with Crippen LogP contribution in [0.2, 0.25) is 0 Å². The molecule has 0 saturated carbocycles. The van der Waals surface area contributed by atoms with Gasteiger partial charge in [0.15, 0.2) is 5.71 Å². The Labute approximate surface area is 230 Å². The number of nitrogens with zero attached hydrogens (tertiary/aromatic N) is 8. The first-order valence-corrected chi connectivity index (χ1v) is 12.4. The summed E-state index contributed by atoms with van der Waals surface area (Å²) in [4.78, 5) is 36.0. The maximum atomic E-state index is 14.2. The number of aromatic carboxylic acids is 1. The van der Waals surface area contributed by atoms with E-state index in [2.05, 4.69) is 25.7 Å². The third-order valence-corrected chi connectivity index (χ3v) is 6.57. The van der Waals surface area contributed by atoms with Gasteiger partial charge in [-0.05, 0) is 58.5 Å². The molecule has 3 heterocycles. The van der Waals surface area contributed by atoms with Gasteiger partial charge < -0.3 is 14.5 Å². The van der Waals surface area contributed by atoms with Crippen molar-refractivity contribution in [1.82, 2.24) is 29.8 Å². The molecule has 41 heavy (non-hydrogen) atoms. The molecule has 0 atom stereocenters. The number of carboxylic acids is 1. The van der Waals surface area contributed by atoms with Crippen molar-refractivity contribution in [2.45, 2.75) is 26.2 Å². The number of rotatable bonds is 9. The molecule has 3 aromatic carbocycles. The van der Waals surface area contributed by atoms with Crippen LogP contribution in [0.25, 0.3) is 11.0 Å². The summed E-state index contributed by atoms with van der Waals surface area (Å²) in [5.74, 6) is -2.13. The van der Waals surface area contributed by atoms with Gasteiger partial charge in [-0.2, -0.15) is 0 Å². The largest absolute Gasteiger partial charge is 0.478 e. The van der Waals surface area contributed by atoms with Crippen LogP contribution in [-0.2, 0) is 35.9 Å². The predicted molar refractivity (Wildman–Crippen MR) is 140 cm³/mol. The number of amides is 1. The van der Waals surface area contributed by atoms with Gasteiger partial charge in [-0.15, -0.1) is 5.10 Å². The molecule has 5 aromatic rings. The Morgan fingerprint density at radius 2 is 1.78 bits per heavy atom. The number of anilines is 1. The molecule has 0 spiro atoms. The van der Waals surface area contributed by atoms with Crippen LogP contribution in [-0.4, -0.2) is 52.5 Å². The number of oxime groups is 1. The average molecular weight is 559 g/mol. The van der Waals surface area contributed by atoms with Gasteiger partial charge in [0.05, 0.1) is 35.4 Å². The van der Waals surface area contributed by atoms with E-state index in [0.29, 0.717) is 41.2 Å². The Balaban J connectivity index is 1.29. The maximum Gasteiger partial charge on any atom is 0.335 e. The molecule has 0 radical (unpaired) electrons. The van der Waals surface area contributed by atoms with Crippen LogP contribution in [0.5, 0.6) is 0 Å². The topological polar surface area (TPSA) is 141 Å². The summed E-state index contributed by atoms with van der Waals surface area (Å²) < 4.78 is 31.6. The number of halogens is 2. The number of carboxylic acid groups (broad SMARTS) is 1. The summed E-state index contributed by atoms with van der Waals surface area (Å²) in [6, 6.07) is 14.2. The van der Waals surface area contributed by atoms with Crippen molar-refractivity contribution in [1.29, 1.82) is 0 Å². The summed E-state index contributed by atoms with van der Waals surface area (Å²) in [6.07, 6.45) is 1.47. The molecule has 1 aliphatic heterocycles. The van der Waals surface area contributed by atoms with Crippen LogP contribution in [0.3, 0.4) is 0 Å². The molecule has 0 saturated heterocycles. The third kappa shape index (κ3) is 5.09. The van der Waals surface area contributed by atoms with Crippen molar-refractivity contribution in [3.63, 3.8) is 0 Å². The smallest absolute Gasteiger partial charge is 0.335 e. The molecule has 1 N–H and O–H groups in total. The van der Waals surface area contributed by atoms with E-state index < -0.39 is 23.5 Å². The van der Waals surface area contributed by atoms with E-state index in [1.807, 2.05) is 4.57 Å². The fourth-order valence-corrected chi connectivity index (χ4v) is 4.60. The van der Waals surface area contributed by atoms with Crippen LogP contribution >= 0.6 is 0 Å². The van der Waals surface area contributed by atoms with Gasteiger partial charge in [0.25, 0.3) is 5.91 Å². The zero-order chi connectivity index (χ0) is 28.5. The van der Waals surface area contributed by atoms with Gasteiger partial charge in [-0.25, -0.2) is 23.2 Å². The number of carbonyl (C=O) groups excluding carboxylic acids is 1. The number of imidazole rings is 1. The van der Waals surface area contributed by atoms with Crippen molar-refractivity contribution in [3.05, 3.63) is 101 Å². The SMILES string of the molecule is O=C(O)c1ccc(CO/N=C2/C(=O)N(Cc3nc4cc(F)ccc4n3CCn3cnnn3)c3ccc(F)cc32)cc1. The minimum atomic E-state index is -1.05. The molecule has 206 valence electrons. The molecule has 12 nitrogen and oxygen atoms in total. The van der Waals surface area contributed by atoms with Crippen LogP contribution < -0.4 is 4.90 Å². The first-order valence-electron chi connectivity index (χ1n) is 12.4. The number of hydrogen-bond acceptors (Lipinski definition) is 8. The molecule has 2 aromatic heterocycles. The second-order valence-electron chi connectivity index (χ2n) is 9.15. The number of tetrazole rings is 1. The lowest BCUT2D eigenvalue weighted by molar-refractivity contribution is -0.112. The highest BCUT2D eigenvalue weighted by Crippen LogP contribution is 2.32. The predicted octanol–water partition coefficient (Wildman–Crippen LogP) is 3.17. The Kier molecular flexibility index (Phi) is 6.63. The molecule has 6 rings (SSSR count). The molecule has 1 aliphatic rings. The number of aromatic nitrogens is 6. The molecular formula is C27H20F2N8O4. The van der Waals surface area contributed by atoms with Gasteiger partial charge in [-0.3, -0.25) is 9.69 Å². The summed E-state index contributed by atoms with van der Waals surface area (Å²) in [5.41, 5.74) is 2.39. The average Bonchev–Trinajstić information content (AvgIpc) is 3.65. The van der Waals surface area contributed by atoms with E-state index in [-0.39, 0.29) is 30.0 Å². The molecule has 1 amide bonds. The molecule has 14 heteroatoms. The summed E-state index contributed by atoms with van der Waals surface area (Å²) in [7, 11) is 0. The fraction of sp³-hybridized carbons (Fsp3) is 0.148. The van der Waals surface area contributed by atoms with Crippen molar-refractivity contribution < 1.29 is 28.3 Å². The van der Waals surface area contributed by atoms with E-state index >= 15 is 0 Å². The highest BCUT2D eigenvalue weighted by molar-refractivity contribution is 6.54. The quantitative estimate of drug-likeness (QED) is 0.272. The number of aryl methyl sites for hydroxylation is 2. The first-order chi connectivity index (χ1) is 19.9. The Morgan fingerprint density at radius 1 is 1.00 bits per heavy atom. The minimum Gasteiger partial charge on any atom is -0.478 e. The van der Waals surface area contributed by atoms with Crippen LogP contribution in [0.1, 0.15) is 27.3 Å². The Hall–Kier alpha value is -5.53. The van der Waals surface area contributed by atoms with Crippen LogP contribution in [0, 0.1) is 11.6 Å². The van der Waals surface area contributed by atoms with Crippen LogP contribution in [0.4, 0.5) is 14.5 Å². The van der Waals surface area contributed by atoms with E-state index in [9.17, 15) is 18.4 Å². The molecule has 0 bridgehead atoms. The first kappa shape index (κ1) is 25.7. The lowest BCUT2D eigenvalue weighted by Crippen LogP contribution is -2.31. The Morgan fingerprint density at radius 3 is 2.54 bits per heavy atom. The van der Waals surface area contributed by atoms with Gasteiger partial charge in [0.2, 0.25) is 0 Å². The zero-order valence-corrected chi connectivity index (χ0v) is 21.2. The number of benzene rings is 3. The maximum absolute atomic E-state index is 14.2. The second kappa shape index (κ2) is 10.6. The number of carbonyl (C=O) groups is 2. The van der Waals surface area contributed by atoms with Crippen molar-refractivity contribution >= 4 is 34.3 Å². The zero-order valence-electron chi connectivity index (χ0n) is 21.2. The van der Waals surface area contributed by atoms with Crippen LogP contribution in [0.15, 0.2) is 72.1 Å². The van der Waals surface area contributed by atoms with E-state index in [1.165, 1.54) is 58.4 Å². The van der Waals surface area contributed by atoms with Gasteiger partial charge >= 0.3 is 5.97 Å². The molecule has 0 unspecified atom stereocenters. The second-order valence-corrected chi connectivity index (χ2v) is 9.15. The molecular weight excluding hydrogens is 538 g/mol. The normalized spacial score (nSPS) is 13.8. The van der Waals surface area contributed by atoms with Gasteiger partial charge in [0, 0.05) is 18.2 Å². The monoisotopic (exact) mass is 558 g/mol. The number of fused-ring (bicyclic) bond motifs is 2. The lowest BCUT2D eigenvalue weighted by atomic mass is 10.1. The van der Waals surface area contributed by atoms with Gasteiger partial charge in [-0.1, -0.05) is 17.3 Å². The van der Waals surface area contributed by atoms with E-state index in [4.69, 9.17) is 9.94 Å². The Bertz CT molecular complexity index is 1800. The van der Waals surface area contributed by atoms with Gasteiger partial charge in [0.1, 0.15) is 30.4 Å². The summed E-state index contributed by atoms with van der Waals surface area (Å²) >= 11 is 0. The standard InChI is InChI=1S/C27H20F2N8O4/c28-18-5-7-22-20(11-18)25(32-41-14-16-1-3-17(4-2-16)27(39)40)26(38)37(22)13-24-31-21-12-19(29)6-8-23(21)36(24)10-9-35-15-30-33-34-35/h1-8,11-12,15H,9-10,13-14H2,(H,39,40)/b32-25+. The molecule has 0 fully saturated rings. The summed E-state index contributed by atoms with van der Waals surface area (Å²) in [5, 5.41) is 24.2. The highest BCUT2D eigenvalue weighted by Gasteiger charge is 2.36. The van der Waals surface area contributed by atoms with Crippen molar-refractivity contribution in [3.8, 4) is 0 Å². The van der Waals surface area contributed by atoms with E-state index in [0.717, 1.165) is 0 Å². The van der Waals surface area contributed by atoms with Crippen molar-refractivity contribution in [2.24, 2.45) is 5.16 Å². The highest BCUT2D eigenvalue weighted by atomic mass is 19.1. The summed E-state index contributed by atoms with van der Waals surface area (Å²) in [6.45, 7) is 0.719. The third-order valence-electron chi connectivity index (χ3n) is 6.57. The van der Waals surface area contributed by atoms with Crippen molar-refractivity contribution in [2.75, 3.05) is 4.90 Å². The molecule has 0 aliphatic carbocycles. The fourth-order valence-electron chi connectivity index (χ4n) is 4.60. The van der Waals surface area contributed by atoms with E-state index in [1.54, 1.807) is 18.2 Å². The number of hydrogen-bond donors (Lipinski definition) is 1.